The Labute approximate surface area is 164 Å². The van der Waals surface area contributed by atoms with Gasteiger partial charge in [0.05, 0.1) is 30.9 Å². The Hall–Kier alpha value is -3.10. The highest BCUT2D eigenvalue weighted by Crippen LogP contribution is 2.35. The minimum Gasteiger partial charge on any atom is -0.468 e. The van der Waals surface area contributed by atoms with Gasteiger partial charge in [-0.25, -0.2) is 0 Å². The predicted octanol–water partition coefficient (Wildman–Crippen LogP) is 4.63. The van der Waals surface area contributed by atoms with Crippen LogP contribution in [-0.2, 0) is 4.74 Å². The van der Waals surface area contributed by atoms with Crippen molar-refractivity contribution in [3.8, 4) is 12.0 Å². The van der Waals surface area contributed by atoms with Crippen LogP contribution in [0.5, 0.6) is 5.95 Å². The van der Waals surface area contributed by atoms with Gasteiger partial charge in [-0.1, -0.05) is 29.9 Å². The number of nitrogens with zero attached hydrogens (tertiary/aromatic N) is 1. The molecule has 1 atom stereocenters. The minimum absolute atomic E-state index is 0.0731. The normalized spacial score (nSPS) is 18.3. The monoisotopic (exact) mass is 377 g/mol. The average Bonchev–Trinajstić information content (AvgIpc) is 3.15. The van der Waals surface area contributed by atoms with Crippen LogP contribution in [0, 0.1) is 25.2 Å². The quantitative estimate of drug-likeness (QED) is 0.777. The zero-order chi connectivity index (χ0) is 20.3. The SMILES string of the molecule is COc1oc([C@H]2CC(=CC(C)=Cc3ccc(C#N)cc3)CO2)c(C)c(=O)c1C. The third-order valence-electron chi connectivity index (χ3n) is 4.82. The molecular formula is C23H23NO4. The van der Waals surface area contributed by atoms with Gasteiger partial charge in [0.2, 0.25) is 0 Å². The van der Waals surface area contributed by atoms with Crippen molar-refractivity contribution >= 4 is 6.08 Å². The van der Waals surface area contributed by atoms with Gasteiger partial charge in [0.1, 0.15) is 11.9 Å². The topological polar surface area (TPSA) is 72.5 Å². The predicted molar refractivity (Wildman–Crippen MR) is 107 cm³/mol. The third kappa shape index (κ3) is 4.08. The van der Waals surface area contributed by atoms with Gasteiger partial charge < -0.3 is 13.9 Å². The zero-order valence-electron chi connectivity index (χ0n) is 16.5. The van der Waals surface area contributed by atoms with E-state index in [1.54, 1.807) is 26.0 Å². The van der Waals surface area contributed by atoms with E-state index < -0.39 is 0 Å². The van der Waals surface area contributed by atoms with Crippen LogP contribution >= 0.6 is 0 Å². The van der Waals surface area contributed by atoms with Crippen molar-refractivity contribution in [2.45, 2.75) is 33.3 Å². The van der Waals surface area contributed by atoms with E-state index in [0.29, 0.717) is 35.5 Å². The summed E-state index contributed by atoms with van der Waals surface area (Å²) in [5.74, 6) is 0.771. The molecule has 2 heterocycles. The van der Waals surface area contributed by atoms with Crippen molar-refractivity contribution in [2.24, 2.45) is 0 Å². The molecule has 0 amide bonds. The van der Waals surface area contributed by atoms with Crippen LogP contribution in [0.1, 0.15) is 47.5 Å². The molecular weight excluding hydrogens is 354 g/mol. The van der Waals surface area contributed by atoms with Crippen molar-refractivity contribution in [2.75, 3.05) is 13.7 Å². The van der Waals surface area contributed by atoms with Crippen molar-refractivity contribution in [3.05, 3.63) is 79.7 Å². The molecule has 0 bridgehead atoms. The number of benzene rings is 1. The number of nitriles is 1. The van der Waals surface area contributed by atoms with E-state index in [9.17, 15) is 4.79 Å². The highest BCUT2D eigenvalue weighted by Gasteiger charge is 2.28. The molecule has 2 aromatic rings. The van der Waals surface area contributed by atoms with Gasteiger partial charge in [-0.05, 0) is 44.0 Å². The fourth-order valence-electron chi connectivity index (χ4n) is 3.35. The van der Waals surface area contributed by atoms with Crippen LogP contribution in [0.3, 0.4) is 0 Å². The fourth-order valence-corrected chi connectivity index (χ4v) is 3.35. The number of allylic oxidation sites excluding steroid dienone is 2. The largest absolute Gasteiger partial charge is 0.468 e. The Bertz CT molecular complexity index is 1040. The summed E-state index contributed by atoms with van der Waals surface area (Å²) in [5, 5.41) is 8.88. The minimum atomic E-state index is -0.295. The third-order valence-corrected chi connectivity index (χ3v) is 4.82. The molecule has 0 unspecified atom stereocenters. The van der Waals surface area contributed by atoms with Crippen molar-refractivity contribution < 1.29 is 13.9 Å². The first-order valence-corrected chi connectivity index (χ1v) is 9.10. The molecule has 1 fully saturated rings. The van der Waals surface area contributed by atoms with Crippen molar-refractivity contribution in [1.82, 2.24) is 0 Å². The number of hydrogen-bond acceptors (Lipinski definition) is 5. The van der Waals surface area contributed by atoms with Gasteiger partial charge in [-0.2, -0.15) is 5.26 Å². The summed E-state index contributed by atoms with van der Waals surface area (Å²) in [6.45, 7) is 5.97. The summed E-state index contributed by atoms with van der Waals surface area (Å²) < 4.78 is 16.9. The lowest BCUT2D eigenvalue weighted by molar-refractivity contribution is 0.0880. The molecule has 0 aliphatic carbocycles. The average molecular weight is 377 g/mol. The Balaban J connectivity index is 1.79. The Morgan fingerprint density at radius 1 is 1.25 bits per heavy atom. The van der Waals surface area contributed by atoms with Crippen LogP contribution in [0.2, 0.25) is 0 Å². The standard InChI is InChI=1S/C23H23NO4/c1-14(9-17-5-7-18(12-24)8-6-17)10-19-11-20(27-13-19)22-15(2)21(25)16(3)23(26-4)28-22/h5-10,20H,11,13H2,1-4H3/t20-/m1/s1. The first-order chi connectivity index (χ1) is 13.4. The van der Waals surface area contributed by atoms with Crippen molar-refractivity contribution in [3.63, 3.8) is 0 Å². The van der Waals surface area contributed by atoms with Crippen LogP contribution in [-0.4, -0.2) is 13.7 Å². The van der Waals surface area contributed by atoms with Gasteiger partial charge in [-0.15, -0.1) is 0 Å². The summed E-state index contributed by atoms with van der Waals surface area (Å²) in [6.07, 6.45) is 4.52. The number of methoxy groups -OCH3 is 1. The van der Waals surface area contributed by atoms with E-state index in [2.05, 4.69) is 18.2 Å². The van der Waals surface area contributed by atoms with Gasteiger partial charge in [0.25, 0.3) is 5.95 Å². The zero-order valence-corrected chi connectivity index (χ0v) is 16.5. The molecule has 1 aromatic carbocycles. The van der Waals surface area contributed by atoms with Gasteiger partial charge in [0.15, 0.2) is 5.43 Å². The summed E-state index contributed by atoms with van der Waals surface area (Å²) in [5.41, 5.74) is 4.86. The first kappa shape index (κ1) is 19.7. The Morgan fingerprint density at radius 3 is 2.61 bits per heavy atom. The molecule has 0 saturated carbocycles. The van der Waals surface area contributed by atoms with E-state index in [1.165, 1.54) is 7.11 Å². The van der Waals surface area contributed by atoms with Crippen LogP contribution < -0.4 is 10.2 Å². The molecule has 5 nitrogen and oxygen atoms in total. The van der Waals surface area contributed by atoms with E-state index >= 15 is 0 Å². The number of ether oxygens (including phenoxy) is 2. The lowest BCUT2D eigenvalue weighted by Crippen LogP contribution is -2.15. The highest BCUT2D eigenvalue weighted by molar-refractivity contribution is 5.56. The van der Waals surface area contributed by atoms with Gasteiger partial charge >= 0.3 is 0 Å². The van der Waals surface area contributed by atoms with Gasteiger partial charge in [-0.3, -0.25) is 4.79 Å². The molecule has 144 valence electrons. The van der Waals surface area contributed by atoms with E-state index in [1.807, 2.05) is 19.1 Å². The number of rotatable bonds is 4. The lowest BCUT2D eigenvalue weighted by atomic mass is 10.0. The summed E-state index contributed by atoms with van der Waals surface area (Å²) in [4.78, 5) is 12.4. The van der Waals surface area contributed by atoms with E-state index in [4.69, 9.17) is 19.2 Å². The molecule has 3 rings (SSSR count). The van der Waals surface area contributed by atoms with Crippen LogP contribution in [0.4, 0.5) is 0 Å². The first-order valence-electron chi connectivity index (χ1n) is 9.10. The molecule has 5 heteroatoms. The maximum absolute atomic E-state index is 12.4. The molecule has 28 heavy (non-hydrogen) atoms. The molecule has 0 radical (unpaired) electrons. The summed E-state index contributed by atoms with van der Waals surface area (Å²) in [7, 11) is 1.49. The van der Waals surface area contributed by atoms with Gasteiger partial charge in [0, 0.05) is 12.0 Å². The number of hydrogen-bond donors (Lipinski definition) is 0. The van der Waals surface area contributed by atoms with E-state index in [-0.39, 0.29) is 17.5 Å². The summed E-state index contributed by atoms with van der Waals surface area (Å²) in [6, 6.07) is 9.57. The molecule has 1 aromatic heterocycles. The highest BCUT2D eigenvalue weighted by atomic mass is 16.6. The maximum Gasteiger partial charge on any atom is 0.291 e. The lowest BCUT2D eigenvalue weighted by Gasteiger charge is -2.13. The summed E-state index contributed by atoms with van der Waals surface area (Å²) >= 11 is 0. The second-order valence-electron chi connectivity index (χ2n) is 6.97. The second-order valence-corrected chi connectivity index (χ2v) is 6.97. The smallest absolute Gasteiger partial charge is 0.291 e. The molecule has 1 aliphatic rings. The maximum atomic E-state index is 12.4. The molecule has 1 saturated heterocycles. The van der Waals surface area contributed by atoms with E-state index in [0.717, 1.165) is 16.7 Å². The van der Waals surface area contributed by atoms with Crippen molar-refractivity contribution in [1.29, 1.82) is 5.26 Å². The fraction of sp³-hybridized carbons (Fsp3) is 0.304. The molecule has 0 spiro atoms. The van der Waals surface area contributed by atoms with Crippen LogP contribution in [0.25, 0.3) is 6.08 Å². The Morgan fingerprint density at radius 2 is 1.96 bits per heavy atom. The molecule has 1 aliphatic heterocycles. The second kappa shape index (κ2) is 8.28. The molecule has 0 N–H and O–H groups in total. The Kier molecular flexibility index (Phi) is 5.81. The van der Waals surface area contributed by atoms with Crippen LogP contribution in [0.15, 0.2) is 50.7 Å².